The number of amides is 1. The SMILES string of the molecule is CC[C@H](NC(=O)OC(C)(C)C)C(O)c1ncc(-c2cc(C)on2)o1. The summed E-state index contributed by atoms with van der Waals surface area (Å²) in [5, 5.41) is 16.9. The Bertz CT molecular complexity index is 686. The van der Waals surface area contributed by atoms with E-state index in [2.05, 4.69) is 15.5 Å². The first-order valence-electron chi connectivity index (χ1n) is 7.76. The summed E-state index contributed by atoms with van der Waals surface area (Å²) >= 11 is 0. The van der Waals surface area contributed by atoms with Gasteiger partial charge < -0.3 is 24.1 Å². The number of rotatable bonds is 5. The topological polar surface area (TPSA) is 111 Å². The number of ether oxygens (including phenoxy) is 1. The van der Waals surface area contributed by atoms with Gasteiger partial charge in [-0.15, -0.1) is 0 Å². The standard InChI is InChI=1S/C16H23N3O5/c1-6-10(18-15(21)23-16(3,4)5)13(20)14-17-8-12(22-14)11-7-9(2)24-19-11/h7-8,10,13,20H,6H2,1-5H3,(H,18,21)/t10-,13?/m0/s1. The zero-order valence-corrected chi connectivity index (χ0v) is 14.5. The zero-order chi connectivity index (χ0) is 17.9. The number of nitrogens with zero attached hydrogens (tertiary/aromatic N) is 2. The van der Waals surface area contributed by atoms with Gasteiger partial charge in [-0.2, -0.15) is 0 Å². The number of hydrogen-bond acceptors (Lipinski definition) is 7. The fourth-order valence-electron chi connectivity index (χ4n) is 2.06. The number of carbonyl (C=O) groups is 1. The van der Waals surface area contributed by atoms with Gasteiger partial charge in [-0.3, -0.25) is 0 Å². The molecule has 2 N–H and O–H groups in total. The van der Waals surface area contributed by atoms with Crippen molar-refractivity contribution in [2.45, 2.75) is 58.8 Å². The predicted molar refractivity (Wildman–Crippen MR) is 85.1 cm³/mol. The van der Waals surface area contributed by atoms with Gasteiger partial charge in [-0.1, -0.05) is 12.1 Å². The van der Waals surface area contributed by atoms with E-state index in [-0.39, 0.29) is 5.89 Å². The lowest BCUT2D eigenvalue weighted by Gasteiger charge is -2.24. The van der Waals surface area contributed by atoms with Crippen LogP contribution >= 0.6 is 0 Å². The minimum absolute atomic E-state index is 0.0913. The van der Waals surface area contributed by atoms with Crippen LogP contribution in [0.4, 0.5) is 4.79 Å². The molecular weight excluding hydrogens is 314 g/mol. The average molecular weight is 337 g/mol. The van der Waals surface area contributed by atoms with Crippen LogP contribution < -0.4 is 5.32 Å². The largest absolute Gasteiger partial charge is 0.444 e. The molecular formula is C16H23N3O5. The highest BCUT2D eigenvalue weighted by atomic mass is 16.6. The molecule has 2 rings (SSSR count). The van der Waals surface area contributed by atoms with Crippen LogP contribution in [0, 0.1) is 6.92 Å². The number of nitrogens with one attached hydrogen (secondary N) is 1. The second-order valence-electron chi connectivity index (χ2n) is 6.49. The van der Waals surface area contributed by atoms with Gasteiger partial charge in [0.2, 0.25) is 5.89 Å². The van der Waals surface area contributed by atoms with Gasteiger partial charge in [0.1, 0.15) is 11.4 Å². The van der Waals surface area contributed by atoms with Crippen molar-refractivity contribution < 1.29 is 23.6 Å². The van der Waals surface area contributed by atoms with Gasteiger partial charge in [0.25, 0.3) is 0 Å². The Morgan fingerprint density at radius 2 is 2.17 bits per heavy atom. The number of aromatic nitrogens is 2. The van der Waals surface area contributed by atoms with E-state index in [1.807, 2.05) is 6.92 Å². The molecule has 0 aliphatic carbocycles. The first-order chi connectivity index (χ1) is 11.2. The maximum atomic E-state index is 11.9. The molecule has 2 atom stereocenters. The van der Waals surface area contributed by atoms with Crippen molar-refractivity contribution in [2.75, 3.05) is 0 Å². The summed E-state index contributed by atoms with van der Waals surface area (Å²) in [7, 11) is 0. The van der Waals surface area contributed by atoms with Gasteiger partial charge >= 0.3 is 6.09 Å². The number of alkyl carbamates (subject to hydrolysis) is 1. The van der Waals surface area contributed by atoms with Crippen molar-refractivity contribution in [2.24, 2.45) is 0 Å². The Balaban J connectivity index is 2.07. The van der Waals surface area contributed by atoms with Crippen LogP contribution in [-0.2, 0) is 4.74 Å². The lowest BCUT2D eigenvalue weighted by Crippen LogP contribution is -2.42. The van der Waals surface area contributed by atoms with E-state index in [1.54, 1.807) is 33.8 Å². The van der Waals surface area contributed by atoms with Gasteiger partial charge in [0, 0.05) is 6.07 Å². The summed E-state index contributed by atoms with van der Waals surface area (Å²) in [4.78, 5) is 15.9. The summed E-state index contributed by atoms with van der Waals surface area (Å²) < 4.78 is 15.7. The third kappa shape index (κ3) is 4.58. The van der Waals surface area contributed by atoms with Crippen LogP contribution in [0.3, 0.4) is 0 Å². The van der Waals surface area contributed by atoms with Crippen LogP contribution in [0.2, 0.25) is 0 Å². The average Bonchev–Trinajstić information content (AvgIpc) is 3.10. The molecule has 1 unspecified atom stereocenters. The Kier molecular flexibility index (Phi) is 5.28. The maximum absolute atomic E-state index is 11.9. The summed E-state index contributed by atoms with van der Waals surface area (Å²) in [6.45, 7) is 8.90. The molecule has 0 saturated heterocycles. The summed E-state index contributed by atoms with van der Waals surface area (Å²) in [6, 6.07) is 1.11. The summed E-state index contributed by atoms with van der Waals surface area (Å²) in [6.07, 6.45) is 0.216. The van der Waals surface area contributed by atoms with Crippen molar-refractivity contribution in [3.8, 4) is 11.5 Å². The molecule has 2 heterocycles. The Hall–Kier alpha value is -2.35. The molecule has 132 valence electrons. The molecule has 0 aromatic carbocycles. The third-order valence-electron chi connectivity index (χ3n) is 3.18. The van der Waals surface area contributed by atoms with Crippen LogP contribution in [0.15, 0.2) is 21.2 Å². The van der Waals surface area contributed by atoms with E-state index in [1.165, 1.54) is 6.20 Å². The van der Waals surface area contributed by atoms with E-state index in [4.69, 9.17) is 13.7 Å². The minimum atomic E-state index is -1.11. The molecule has 8 nitrogen and oxygen atoms in total. The monoisotopic (exact) mass is 337 g/mol. The van der Waals surface area contributed by atoms with E-state index >= 15 is 0 Å². The second-order valence-corrected chi connectivity index (χ2v) is 6.49. The highest BCUT2D eigenvalue weighted by Gasteiger charge is 2.28. The van der Waals surface area contributed by atoms with E-state index in [9.17, 15) is 9.90 Å². The second kappa shape index (κ2) is 7.04. The molecule has 0 fully saturated rings. The fourth-order valence-corrected chi connectivity index (χ4v) is 2.06. The lowest BCUT2D eigenvalue weighted by molar-refractivity contribution is 0.0386. The third-order valence-corrected chi connectivity index (χ3v) is 3.18. The smallest absolute Gasteiger partial charge is 0.407 e. The summed E-state index contributed by atoms with van der Waals surface area (Å²) in [5.74, 6) is 1.11. The van der Waals surface area contributed by atoms with E-state index in [0.29, 0.717) is 23.6 Å². The van der Waals surface area contributed by atoms with Crippen LogP contribution in [-0.4, -0.2) is 33.0 Å². The van der Waals surface area contributed by atoms with Gasteiger partial charge in [0.05, 0.1) is 12.2 Å². The molecule has 1 amide bonds. The normalized spacial score (nSPS) is 14.2. The van der Waals surface area contributed by atoms with Crippen LogP contribution in [0.5, 0.6) is 0 Å². The number of aryl methyl sites for hydroxylation is 1. The molecule has 0 radical (unpaired) electrons. The van der Waals surface area contributed by atoms with Crippen molar-refractivity contribution >= 4 is 6.09 Å². The quantitative estimate of drug-likeness (QED) is 0.862. The highest BCUT2D eigenvalue weighted by Crippen LogP contribution is 2.25. The van der Waals surface area contributed by atoms with Crippen LogP contribution in [0.1, 0.15) is 51.9 Å². The van der Waals surface area contributed by atoms with Gasteiger partial charge in [-0.05, 0) is 34.1 Å². The van der Waals surface area contributed by atoms with Gasteiger partial charge in [0.15, 0.2) is 17.6 Å². The molecule has 8 heteroatoms. The molecule has 2 aromatic rings. The van der Waals surface area contributed by atoms with Crippen molar-refractivity contribution in [1.82, 2.24) is 15.5 Å². The van der Waals surface area contributed by atoms with Gasteiger partial charge in [-0.25, -0.2) is 9.78 Å². The Morgan fingerprint density at radius 3 is 2.71 bits per heavy atom. The van der Waals surface area contributed by atoms with Crippen LogP contribution in [0.25, 0.3) is 11.5 Å². The molecule has 0 aliphatic heterocycles. The molecule has 0 aliphatic rings. The van der Waals surface area contributed by atoms with E-state index < -0.39 is 23.8 Å². The minimum Gasteiger partial charge on any atom is -0.444 e. The first kappa shape index (κ1) is 18.0. The Labute approximate surface area is 140 Å². The van der Waals surface area contributed by atoms with Crippen molar-refractivity contribution in [1.29, 1.82) is 0 Å². The molecule has 0 saturated carbocycles. The van der Waals surface area contributed by atoms with E-state index in [0.717, 1.165) is 0 Å². The molecule has 2 aromatic heterocycles. The maximum Gasteiger partial charge on any atom is 0.407 e. The Morgan fingerprint density at radius 1 is 1.46 bits per heavy atom. The lowest BCUT2D eigenvalue weighted by atomic mass is 10.1. The van der Waals surface area contributed by atoms with Crippen molar-refractivity contribution in [3.05, 3.63) is 23.9 Å². The number of hydrogen-bond donors (Lipinski definition) is 2. The predicted octanol–water partition coefficient (Wildman–Crippen LogP) is 2.97. The van der Waals surface area contributed by atoms with Crippen molar-refractivity contribution in [3.63, 3.8) is 0 Å². The first-order valence-corrected chi connectivity index (χ1v) is 7.76. The molecule has 24 heavy (non-hydrogen) atoms. The number of aliphatic hydroxyl groups is 1. The molecule has 0 spiro atoms. The fraction of sp³-hybridized carbons (Fsp3) is 0.562. The number of oxazole rings is 1. The zero-order valence-electron chi connectivity index (χ0n) is 14.5. The number of carbonyl (C=O) groups excluding carboxylic acids is 1. The molecule has 0 bridgehead atoms. The highest BCUT2D eigenvalue weighted by molar-refractivity contribution is 5.68. The number of aliphatic hydroxyl groups excluding tert-OH is 1. The summed E-state index contributed by atoms with van der Waals surface area (Å²) in [5.41, 5.74) is -0.125.